The van der Waals surface area contributed by atoms with Crippen molar-refractivity contribution < 1.29 is 0 Å². The molecule has 0 atom stereocenters. The van der Waals surface area contributed by atoms with Crippen molar-refractivity contribution in [2.45, 2.75) is 49.5 Å². The van der Waals surface area contributed by atoms with E-state index >= 15 is 0 Å². The highest BCUT2D eigenvalue weighted by Crippen LogP contribution is 2.25. The molecule has 0 spiro atoms. The molecule has 2 aliphatic rings. The maximum Gasteiger partial charge on any atom is 0.105 e. The molecule has 1 nitrogen and oxygen atoms in total. The second-order valence-electron chi connectivity index (χ2n) is 4.54. The lowest BCUT2D eigenvalue weighted by Crippen LogP contribution is -2.50. The van der Waals surface area contributed by atoms with Gasteiger partial charge in [-0.15, -0.1) is 0 Å². The summed E-state index contributed by atoms with van der Waals surface area (Å²) in [6, 6.07) is 1.02. The van der Waals surface area contributed by atoms with Gasteiger partial charge in [0.25, 0.3) is 0 Å². The van der Waals surface area contributed by atoms with Crippen molar-refractivity contribution in [2.24, 2.45) is 0 Å². The van der Waals surface area contributed by atoms with Crippen molar-refractivity contribution >= 4 is 18.5 Å². The maximum atomic E-state index is 2.84. The van der Waals surface area contributed by atoms with Crippen LogP contribution in [0.3, 0.4) is 0 Å². The van der Waals surface area contributed by atoms with Gasteiger partial charge in [0, 0.05) is 15.6 Å². The molecule has 1 heterocycles. The molecule has 1 saturated heterocycles. The van der Waals surface area contributed by atoms with Gasteiger partial charge in [-0.1, -0.05) is 30.6 Å². The predicted molar refractivity (Wildman–Crippen MR) is 59.9 cm³/mol. The van der Waals surface area contributed by atoms with Crippen LogP contribution in [0, 0.1) is 0 Å². The monoisotopic (exact) mass is 199 g/mol. The molecule has 1 aliphatic carbocycles. The summed E-state index contributed by atoms with van der Waals surface area (Å²) in [5, 5.41) is 0. The number of rotatable bonds is 2. The minimum atomic E-state index is -0.273. The van der Waals surface area contributed by atoms with Crippen molar-refractivity contribution in [3.8, 4) is 0 Å². The summed E-state index contributed by atoms with van der Waals surface area (Å²) in [5.74, 6) is 0. The molecule has 1 saturated carbocycles. The maximum absolute atomic E-state index is 2.84. The molecule has 1 aliphatic heterocycles. The van der Waals surface area contributed by atoms with E-state index in [0.717, 1.165) is 6.04 Å². The summed E-state index contributed by atoms with van der Waals surface area (Å²) in [6.45, 7) is 0. The SMILES string of the molecule is CN(C1CCCCC1)[SiH]1C[SiH2]C1. The van der Waals surface area contributed by atoms with Crippen LogP contribution in [0.25, 0.3) is 0 Å². The zero-order valence-corrected chi connectivity index (χ0v) is 10.8. The summed E-state index contributed by atoms with van der Waals surface area (Å²) in [6.07, 6.45) is 7.55. The minimum absolute atomic E-state index is 0.273. The van der Waals surface area contributed by atoms with Gasteiger partial charge in [0.1, 0.15) is 8.96 Å². The molecular formula is C9H21NSi2. The highest BCUT2D eigenvalue weighted by atomic mass is 28.4. The van der Waals surface area contributed by atoms with E-state index in [1.54, 1.807) is 11.3 Å². The fourth-order valence-corrected chi connectivity index (χ4v) is 9.83. The molecule has 70 valence electrons. The van der Waals surface area contributed by atoms with Gasteiger partial charge in [-0.3, -0.25) is 0 Å². The third-order valence-corrected chi connectivity index (χ3v) is 14.0. The average molecular weight is 199 g/mol. The number of hydrogen-bond donors (Lipinski definition) is 0. The Balaban J connectivity index is 1.80. The van der Waals surface area contributed by atoms with Crippen LogP contribution in [0.15, 0.2) is 0 Å². The van der Waals surface area contributed by atoms with Gasteiger partial charge in [-0.05, 0) is 19.9 Å². The van der Waals surface area contributed by atoms with Gasteiger partial charge in [0.15, 0.2) is 0 Å². The van der Waals surface area contributed by atoms with E-state index in [1.807, 2.05) is 0 Å². The van der Waals surface area contributed by atoms with E-state index in [0.29, 0.717) is 9.52 Å². The largest absolute Gasteiger partial charge is 0.327 e. The van der Waals surface area contributed by atoms with Crippen LogP contribution < -0.4 is 0 Å². The Kier molecular flexibility index (Phi) is 3.04. The quantitative estimate of drug-likeness (QED) is 0.602. The van der Waals surface area contributed by atoms with E-state index in [-0.39, 0.29) is 8.96 Å². The van der Waals surface area contributed by atoms with Crippen LogP contribution in [0.4, 0.5) is 0 Å². The Labute approximate surface area is 80.0 Å². The third kappa shape index (κ3) is 1.83. The molecule has 12 heavy (non-hydrogen) atoms. The Bertz CT molecular complexity index is 141. The van der Waals surface area contributed by atoms with Gasteiger partial charge in [-0.2, -0.15) is 0 Å². The topological polar surface area (TPSA) is 3.24 Å². The van der Waals surface area contributed by atoms with Gasteiger partial charge in [-0.25, -0.2) is 0 Å². The summed E-state index contributed by atoms with van der Waals surface area (Å²) in [4.78, 5) is 0. The molecule has 0 aromatic heterocycles. The van der Waals surface area contributed by atoms with Crippen LogP contribution in [0.2, 0.25) is 11.3 Å². The van der Waals surface area contributed by atoms with E-state index in [9.17, 15) is 0 Å². The van der Waals surface area contributed by atoms with Gasteiger partial charge >= 0.3 is 0 Å². The molecule has 2 rings (SSSR count). The Hall–Kier alpha value is 0.394. The van der Waals surface area contributed by atoms with E-state index in [1.165, 1.54) is 32.1 Å². The molecule has 0 bridgehead atoms. The fraction of sp³-hybridized carbons (Fsp3) is 1.00. The third-order valence-electron chi connectivity index (χ3n) is 3.80. The lowest BCUT2D eigenvalue weighted by molar-refractivity contribution is 0.285. The van der Waals surface area contributed by atoms with Crippen LogP contribution in [-0.2, 0) is 0 Å². The average Bonchev–Trinajstić information content (AvgIpc) is 2.03. The number of nitrogens with zero attached hydrogens (tertiary/aromatic N) is 1. The first-order valence-electron chi connectivity index (χ1n) is 5.60. The van der Waals surface area contributed by atoms with Gasteiger partial charge in [0.2, 0.25) is 0 Å². The summed E-state index contributed by atoms with van der Waals surface area (Å²) >= 11 is 0. The van der Waals surface area contributed by atoms with Crippen LogP contribution in [0.5, 0.6) is 0 Å². The first-order valence-corrected chi connectivity index (χ1v) is 9.75. The predicted octanol–water partition coefficient (Wildman–Crippen LogP) is 1.07. The molecule has 0 radical (unpaired) electrons. The number of hydrogen-bond acceptors (Lipinski definition) is 1. The molecular weight excluding hydrogens is 178 g/mol. The smallest absolute Gasteiger partial charge is 0.105 e. The molecule has 3 heteroatoms. The van der Waals surface area contributed by atoms with Crippen molar-refractivity contribution in [3.05, 3.63) is 0 Å². The van der Waals surface area contributed by atoms with Crippen molar-refractivity contribution in [2.75, 3.05) is 7.05 Å². The standard InChI is InChI=1S/C9H21NSi2/c1-10(12-7-11-8-12)9-5-3-2-4-6-9/h9,12H,2-8,11H2,1H3. The fourth-order valence-electron chi connectivity index (χ4n) is 2.58. The van der Waals surface area contributed by atoms with Crippen LogP contribution in [-0.4, -0.2) is 36.1 Å². The molecule has 0 amide bonds. The zero-order chi connectivity index (χ0) is 8.39. The lowest BCUT2D eigenvalue weighted by Gasteiger charge is -2.40. The van der Waals surface area contributed by atoms with Crippen molar-refractivity contribution in [1.29, 1.82) is 0 Å². The van der Waals surface area contributed by atoms with Gasteiger partial charge in [0.05, 0.1) is 0 Å². The van der Waals surface area contributed by atoms with Crippen LogP contribution in [0.1, 0.15) is 32.1 Å². The highest BCUT2D eigenvalue weighted by molar-refractivity contribution is 6.84. The Morgan fingerprint density at radius 2 is 1.83 bits per heavy atom. The summed E-state index contributed by atoms with van der Waals surface area (Å²) in [7, 11) is 2.66. The molecule has 0 aromatic carbocycles. The van der Waals surface area contributed by atoms with Gasteiger partial charge < -0.3 is 4.57 Å². The zero-order valence-electron chi connectivity index (χ0n) is 8.26. The molecule has 0 N–H and O–H groups in total. The second-order valence-corrected chi connectivity index (χ2v) is 12.0. The first kappa shape index (κ1) is 8.97. The Morgan fingerprint density at radius 1 is 1.17 bits per heavy atom. The van der Waals surface area contributed by atoms with Crippen molar-refractivity contribution in [1.82, 2.24) is 4.57 Å². The van der Waals surface area contributed by atoms with E-state index < -0.39 is 0 Å². The van der Waals surface area contributed by atoms with Crippen molar-refractivity contribution in [3.63, 3.8) is 0 Å². The normalized spacial score (nSPS) is 34.0. The first-order chi connectivity index (χ1) is 5.88. The molecule has 0 aromatic rings. The van der Waals surface area contributed by atoms with E-state index in [4.69, 9.17) is 0 Å². The molecule has 2 fully saturated rings. The minimum Gasteiger partial charge on any atom is -0.327 e. The summed E-state index contributed by atoms with van der Waals surface area (Å²) in [5.41, 5.74) is 3.49. The highest BCUT2D eigenvalue weighted by Gasteiger charge is 2.29. The second kappa shape index (κ2) is 4.07. The van der Waals surface area contributed by atoms with Crippen LogP contribution >= 0.6 is 0 Å². The molecule has 0 unspecified atom stereocenters. The van der Waals surface area contributed by atoms with E-state index in [2.05, 4.69) is 11.6 Å². The lowest BCUT2D eigenvalue weighted by atomic mass is 9.96. The summed E-state index contributed by atoms with van der Waals surface area (Å²) < 4.78 is 2.84. The Morgan fingerprint density at radius 3 is 2.33 bits per heavy atom.